The van der Waals surface area contributed by atoms with Crippen molar-refractivity contribution in [3.05, 3.63) is 101 Å². The molecule has 0 radical (unpaired) electrons. The lowest BCUT2D eigenvalue weighted by atomic mass is 10.1. The Kier molecular flexibility index (Phi) is 7.53. The molecule has 2 heterocycles. The first-order valence-corrected chi connectivity index (χ1v) is 12.3. The summed E-state index contributed by atoms with van der Waals surface area (Å²) in [4.78, 5) is 16.8. The Morgan fingerprint density at radius 3 is 2.71 bits per heavy atom. The second kappa shape index (κ2) is 11.3. The summed E-state index contributed by atoms with van der Waals surface area (Å²) in [7, 11) is 1.59. The lowest BCUT2D eigenvalue weighted by Gasteiger charge is -2.13. The van der Waals surface area contributed by atoms with E-state index in [1.165, 1.54) is 6.21 Å². The molecule has 10 heteroatoms. The molecule has 38 heavy (non-hydrogen) atoms. The number of benzene rings is 3. The standard InChI is InChI=1S/C28H21Cl2N5O3/c1-37-22-8-9-24-18(14-22)13-19(28(30)33-24)16-31-34-27(36)17-38-26-10-7-20(29)15-23(26)25-11-12-32-35(25)21-5-3-2-4-6-21/h2-16H,17H2,1H3,(H,34,36). The molecule has 0 saturated heterocycles. The first kappa shape index (κ1) is 25.3. The van der Waals surface area contributed by atoms with Crippen molar-refractivity contribution in [2.24, 2.45) is 5.10 Å². The van der Waals surface area contributed by atoms with Crippen LogP contribution in [0.1, 0.15) is 5.56 Å². The van der Waals surface area contributed by atoms with Crippen molar-refractivity contribution in [2.75, 3.05) is 13.7 Å². The van der Waals surface area contributed by atoms with Gasteiger partial charge in [0.05, 0.1) is 36.4 Å². The zero-order valence-corrected chi connectivity index (χ0v) is 21.6. The normalized spacial score (nSPS) is 11.1. The number of methoxy groups -OCH3 is 1. The quantitative estimate of drug-likeness (QED) is 0.148. The van der Waals surface area contributed by atoms with E-state index in [1.807, 2.05) is 54.6 Å². The third kappa shape index (κ3) is 5.61. The summed E-state index contributed by atoms with van der Waals surface area (Å²) in [6.07, 6.45) is 3.12. The molecule has 0 unspecified atom stereocenters. The molecule has 0 atom stereocenters. The Morgan fingerprint density at radius 2 is 1.89 bits per heavy atom. The van der Waals surface area contributed by atoms with Crippen molar-refractivity contribution >= 4 is 46.2 Å². The Morgan fingerprint density at radius 1 is 1.05 bits per heavy atom. The highest BCUT2D eigenvalue weighted by Crippen LogP contribution is 2.33. The van der Waals surface area contributed by atoms with Gasteiger partial charge in [0.15, 0.2) is 6.61 Å². The molecule has 0 aliphatic carbocycles. The number of rotatable bonds is 8. The maximum Gasteiger partial charge on any atom is 0.277 e. The first-order chi connectivity index (χ1) is 18.5. The molecule has 0 aliphatic rings. The number of hydrazone groups is 1. The molecular weight excluding hydrogens is 525 g/mol. The summed E-state index contributed by atoms with van der Waals surface area (Å²) < 4.78 is 12.9. The maximum absolute atomic E-state index is 12.5. The van der Waals surface area contributed by atoms with Crippen LogP contribution in [0.3, 0.4) is 0 Å². The summed E-state index contributed by atoms with van der Waals surface area (Å²) in [6, 6.07) is 24.0. The zero-order valence-electron chi connectivity index (χ0n) is 20.1. The fraction of sp³-hybridized carbons (Fsp3) is 0.0714. The van der Waals surface area contributed by atoms with Gasteiger partial charge in [0.2, 0.25) is 0 Å². The summed E-state index contributed by atoms with van der Waals surface area (Å²) in [6.45, 7) is -0.271. The van der Waals surface area contributed by atoms with Crippen LogP contribution >= 0.6 is 23.2 Å². The molecule has 0 aliphatic heterocycles. The van der Waals surface area contributed by atoms with Gasteiger partial charge < -0.3 is 9.47 Å². The van der Waals surface area contributed by atoms with Crippen LogP contribution in [0.15, 0.2) is 90.2 Å². The van der Waals surface area contributed by atoms with Crippen LogP contribution in [0.4, 0.5) is 0 Å². The molecular formula is C28H21Cl2N5O3. The molecule has 0 fully saturated rings. The molecule has 8 nitrogen and oxygen atoms in total. The summed E-state index contributed by atoms with van der Waals surface area (Å²) in [5.74, 6) is 0.718. The minimum Gasteiger partial charge on any atom is -0.497 e. The van der Waals surface area contributed by atoms with Crippen molar-refractivity contribution < 1.29 is 14.3 Å². The number of hydrogen-bond donors (Lipinski definition) is 1. The minimum atomic E-state index is -0.453. The highest BCUT2D eigenvalue weighted by molar-refractivity contribution is 6.32. The van der Waals surface area contributed by atoms with E-state index in [0.29, 0.717) is 27.6 Å². The van der Waals surface area contributed by atoms with Gasteiger partial charge in [-0.25, -0.2) is 15.1 Å². The minimum absolute atomic E-state index is 0.262. The van der Waals surface area contributed by atoms with E-state index in [4.69, 9.17) is 32.7 Å². The smallest absolute Gasteiger partial charge is 0.277 e. The highest BCUT2D eigenvalue weighted by Gasteiger charge is 2.15. The van der Waals surface area contributed by atoms with E-state index < -0.39 is 5.91 Å². The molecule has 5 rings (SSSR count). The molecule has 1 amide bonds. The predicted octanol–water partition coefficient (Wildman–Crippen LogP) is 5.93. The Hall–Kier alpha value is -4.40. The van der Waals surface area contributed by atoms with Crippen LogP contribution in [0.5, 0.6) is 11.5 Å². The number of hydrogen-bond acceptors (Lipinski definition) is 6. The number of nitrogens with zero attached hydrogens (tertiary/aromatic N) is 4. The third-order valence-electron chi connectivity index (χ3n) is 5.62. The maximum atomic E-state index is 12.5. The lowest BCUT2D eigenvalue weighted by Crippen LogP contribution is -2.24. The van der Waals surface area contributed by atoms with Gasteiger partial charge in [-0.2, -0.15) is 10.2 Å². The van der Waals surface area contributed by atoms with Crippen molar-refractivity contribution in [1.29, 1.82) is 0 Å². The Labute approximate surface area is 228 Å². The first-order valence-electron chi connectivity index (χ1n) is 11.5. The molecule has 0 saturated carbocycles. The average molecular weight is 546 g/mol. The number of carbonyl (C=O) groups is 1. The molecule has 5 aromatic rings. The van der Waals surface area contributed by atoms with Gasteiger partial charge in [-0.05, 0) is 60.7 Å². The monoisotopic (exact) mass is 545 g/mol. The van der Waals surface area contributed by atoms with Gasteiger partial charge in [0.25, 0.3) is 5.91 Å². The van der Waals surface area contributed by atoms with Crippen LogP contribution in [0.25, 0.3) is 27.8 Å². The molecule has 2 aromatic heterocycles. The van der Waals surface area contributed by atoms with Crippen molar-refractivity contribution in [1.82, 2.24) is 20.2 Å². The molecule has 190 valence electrons. The number of carbonyl (C=O) groups excluding carboxylic acids is 1. The number of pyridine rings is 1. The van der Waals surface area contributed by atoms with Crippen molar-refractivity contribution in [2.45, 2.75) is 0 Å². The van der Waals surface area contributed by atoms with Gasteiger partial charge >= 0.3 is 0 Å². The molecule has 0 spiro atoms. The number of para-hydroxylation sites is 1. The lowest BCUT2D eigenvalue weighted by molar-refractivity contribution is -0.123. The van der Waals surface area contributed by atoms with Gasteiger partial charge in [0, 0.05) is 21.5 Å². The predicted molar refractivity (Wildman–Crippen MR) is 149 cm³/mol. The van der Waals surface area contributed by atoms with Crippen LogP contribution in [0, 0.1) is 0 Å². The van der Waals surface area contributed by atoms with Gasteiger partial charge in [-0.15, -0.1) is 0 Å². The third-order valence-corrected chi connectivity index (χ3v) is 6.15. The SMILES string of the molecule is COc1ccc2nc(Cl)c(C=NNC(=O)COc3ccc(Cl)cc3-c3ccnn3-c3ccccc3)cc2c1. The summed E-state index contributed by atoms with van der Waals surface area (Å²) >= 11 is 12.6. The number of nitrogens with one attached hydrogen (secondary N) is 1. The van der Waals surface area contributed by atoms with Crippen LogP contribution in [-0.2, 0) is 4.79 Å². The molecule has 3 aromatic carbocycles. The number of fused-ring (bicyclic) bond motifs is 1. The van der Waals surface area contributed by atoms with Gasteiger partial charge in [-0.1, -0.05) is 41.4 Å². The zero-order chi connectivity index (χ0) is 26.5. The Balaban J connectivity index is 1.29. The number of aromatic nitrogens is 3. The van der Waals surface area contributed by atoms with E-state index in [1.54, 1.807) is 42.3 Å². The second-order valence-corrected chi connectivity index (χ2v) is 8.91. The summed E-state index contributed by atoms with van der Waals surface area (Å²) in [5, 5.41) is 10.1. The number of ether oxygens (including phenoxy) is 2. The Bertz CT molecular complexity index is 1640. The van der Waals surface area contributed by atoms with E-state index >= 15 is 0 Å². The van der Waals surface area contributed by atoms with Gasteiger partial charge in [-0.3, -0.25) is 4.79 Å². The summed E-state index contributed by atoms with van der Waals surface area (Å²) in [5.41, 5.74) is 6.06. The topological polar surface area (TPSA) is 90.6 Å². The number of amides is 1. The molecule has 1 N–H and O–H groups in total. The van der Waals surface area contributed by atoms with Crippen molar-refractivity contribution in [3.8, 4) is 28.4 Å². The largest absolute Gasteiger partial charge is 0.497 e. The fourth-order valence-corrected chi connectivity index (χ4v) is 4.19. The second-order valence-electron chi connectivity index (χ2n) is 8.11. The van der Waals surface area contributed by atoms with E-state index in [9.17, 15) is 4.79 Å². The van der Waals surface area contributed by atoms with E-state index in [-0.39, 0.29) is 11.8 Å². The average Bonchev–Trinajstić information content (AvgIpc) is 3.43. The van der Waals surface area contributed by atoms with Crippen LogP contribution in [0.2, 0.25) is 10.2 Å². The fourth-order valence-electron chi connectivity index (χ4n) is 3.82. The van der Waals surface area contributed by atoms with E-state index in [0.717, 1.165) is 22.3 Å². The molecule has 0 bridgehead atoms. The number of halogens is 2. The van der Waals surface area contributed by atoms with Gasteiger partial charge in [0.1, 0.15) is 16.7 Å². The van der Waals surface area contributed by atoms with Crippen molar-refractivity contribution in [3.63, 3.8) is 0 Å². The van der Waals surface area contributed by atoms with Crippen LogP contribution in [-0.4, -0.2) is 40.6 Å². The van der Waals surface area contributed by atoms with E-state index in [2.05, 4.69) is 20.6 Å². The highest BCUT2D eigenvalue weighted by atomic mass is 35.5. The van der Waals surface area contributed by atoms with Crippen LogP contribution < -0.4 is 14.9 Å².